The Morgan fingerprint density at radius 2 is 2.45 bits per heavy atom. The van der Waals surface area contributed by atoms with Gasteiger partial charge in [-0.1, -0.05) is 0 Å². The smallest absolute Gasteiger partial charge is 0.328 e. The molecule has 2 aromatic rings. The van der Waals surface area contributed by atoms with Crippen LogP contribution in [-0.2, 0) is 9.53 Å². The molecule has 108 valence electrons. The van der Waals surface area contributed by atoms with Crippen LogP contribution < -0.4 is 4.90 Å². The molecule has 1 atom stereocenters. The number of rotatable bonds is 6. The lowest BCUT2D eigenvalue weighted by Crippen LogP contribution is -2.33. The van der Waals surface area contributed by atoms with Gasteiger partial charge in [-0.05, 0) is 13.0 Å². The first-order chi connectivity index (χ1) is 9.54. The van der Waals surface area contributed by atoms with E-state index < -0.39 is 5.97 Å². The number of aromatic nitrogens is 2. The lowest BCUT2D eigenvalue weighted by atomic mass is 10.3. The van der Waals surface area contributed by atoms with Gasteiger partial charge in [0.15, 0.2) is 10.8 Å². The quantitative estimate of drug-likeness (QED) is 0.825. The maximum Gasteiger partial charge on any atom is 0.328 e. The Balaban J connectivity index is 2.43. The summed E-state index contributed by atoms with van der Waals surface area (Å²) in [6, 6.07) is 0.140. The molecule has 0 spiro atoms. The van der Waals surface area contributed by atoms with Crippen molar-refractivity contribution in [2.75, 3.05) is 25.7 Å². The van der Waals surface area contributed by atoms with Crippen molar-refractivity contribution < 1.29 is 14.6 Å². The van der Waals surface area contributed by atoms with Crippen molar-refractivity contribution in [2.45, 2.75) is 13.0 Å². The van der Waals surface area contributed by atoms with Crippen LogP contribution in [0.2, 0.25) is 0 Å². The molecule has 1 N–H and O–H groups in total. The molecule has 0 aliphatic rings. The van der Waals surface area contributed by atoms with Gasteiger partial charge in [0.05, 0.1) is 18.3 Å². The maximum atomic E-state index is 10.7. The highest BCUT2D eigenvalue weighted by Gasteiger charge is 2.18. The number of carboxylic acids is 1. The van der Waals surface area contributed by atoms with Gasteiger partial charge in [-0.25, -0.2) is 9.78 Å². The van der Waals surface area contributed by atoms with Gasteiger partial charge in [-0.2, -0.15) is 0 Å². The number of aliphatic carboxylic acids is 1. The number of nitrogens with zero attached hydrogens (tertiary/aromatic N) is 3. The number of anilines is 1. The minimum atomic E-state index is -0.978. The number of fused-ring (bicyclic) bond motifs is 1. The Morgan fingerprint density at radius 3 is 3.10 bits per heavy atom. The number of ether oxygens (including phenoxy) is 1. The Labute approximate surface area is 120 Å². The van der Waals surface area contributed by atoms with E-state index in [4.69, 9.17) is 9.84 Å². The van der Waals surface area contributed by atoms with Crippen molar-refractivity contribution in [3.05, 3.63) is 23.3 Å². The molecule has 1 unspecified atom stereocenters. The summed E-state index contributed by atoms with van der Waals surface area (Å²) in [5, 5.41) is 10.7. The van der Waals surface area contributed by atoms with Gasteiger partial charge < -0.3 is 14.7 Å². The van der Waals surface area contributed by atoms with E-state index in [1.165, 1.54) is 11.3 Å². The van der Waals surface area contributed by atoms with Crippen LogP contribution >= 0.6 is 11.3 Å². The van der Waals surface area contributed by atoms with E-state index in [9.17, 15) is 4.79 Å². The van der Waals surface area contributed by atoms with Crippen molar-refractivity contribution in [3.8, 4) is 0 Å². The summed E-state index contributed by atoms with van der Waals surface area (Å²) in [5.74, 6) is -0.229. The molecule has 7 heteroatoms. The van der Waals surface area contributed by atoms with Gasteiger partial charge >= 0.3 is 5.97 Å². The van der Waals surface area contributed by atoms with Crippen LogP contribution in [0.25, 0.3) is 11.0 Å². The third-order valence-electron chi connectivity index (χ3n) is 3.07. The Kier molecular flexibility index (Phi) is 4.41. The van der Waals surface area contributed by atoms with E-state index in [0.717, 1.165) is 22.5 Å². The zero-order valence-electron chi connectivity index (χ0n) is 11.6. The molecule has 0 aromatic carbocycles. The maximum absolute atomic E-state index is 10.7. The van der Waals surface area contributed by atoms with Gasteiger partial charge in [-0.15, -0.1) is 11.3 Å². The fourth-order valence-corrected chi connectivity index (χ4v) is 2.63. The average molecular weight is 295 g/mol. The number of thiazole rings is 1. The number of hydrogen-bond donors (Lipinski definition) is 1. The monoisotopic (exact) mass is 295 g/mol. The van der Waals surface area contributed by atoms with E-state index >= 15 is 0 Å². The molecule has 0 amide bonds. The van der Waals surface area contributed by atoms with E-state index in [1.54, 1.807) is 13.2 Å². The number of imidazole rings is 1. The molecule has 20 heavy (non-hydrogen) atoms. The molecule has 0 saturated carbocycles. The second kappa shape index (κ2) is 6.06. The van der Waals surface area contributed by atoms with Crippen LogP contribution in [-0.4, -0.2) is 47.3 Å². The zero-order chi connectivity index (χ0) is 14.7. The Morgan fingerprint density at radius 1 is 1.70 bits per heavy atom. The Hall–Kier alpha value is -1.86. The molecule has 0 aliphatic heterocycles. The summed E-state index contributed by atoms with van der Waals surface area (Å²) in [6.07, 6.45) is 4.58. The lowest BCUT2D eigenvalue weighted by Gasteiger charge is -2.24. The van der Waals surface area contributed by atoms with Crippen molar-refractivity contribution >= 4 is 34.2 Å². The Bertz CT molecular complexity index is 632. The summed E-state index contributed by atoms with van der Waals surface area (Å²) >= 11 is 1.51. The normalized spacial score (nSPS) is 13.2. The predicted molar refractivity (Wildman–Crippen MR) is 79.5 cm³/mol. The molecule has 2 heterocycles. The summed E-state index contributed by atoms with van der Waals surface area (Å²) < 4.78 is 7.04. The number of likely N-dealkylation sites (N-methyl/N-ethyl adjacent to an activating group) is 1. The van der Waals surface area contributed by atoms with Crippen LogP contribution in [0, 0.1) is 0 Å². The number of hydrogen-bond acceptors (Lipinski definition) is 5. The number of carboxylic acid groups (broad SMARTS) is 1. The molecule has 2 aromatic heterocycles. The molecular weight excluding hydrogens is 278 g/mol. The highest BCUT2D eigenvalue weighted by atomic mass is 32.1. The summed E-state index contributed by atoms with van der Waals surface area (Å²) in [7, 11) is 3.58. The van der Waals surface area contributed by atoms with E-state index in [0.29, 0.717) is 6.61 Å². The standard InChI is InChI=1S/C13H17N3O3S/c1-9(8-19-3)15(2)12-10(4-5-11(17)18)16-6-7-20-13(16)14-12/h4-7,9H,8H2,1-3H3,(H,17,18). The minimum absolute atomic E-state index is 0.140. The van der Waals surface area contributed by atoms with Gasteiger partial charge in [0, 0.05) is 31.8 Å². The summed E-state index contributed by atoms with van der Waals surface area (Å²) in [6.45, 7) is 2.60. The average Bonchev–Trinajstić information content (AvgIpc) is 2.96. The van der Waals surface area contributed by atoms with Crippen LogP contribution in [0.1, 0.15) is 12.6 Å². The number of methoxy groups -OCH3 is 1. The SMILES string of the molecule is COCC(C)N(C)c1nc2sccn2c1C=CC(=O)O. The van der Waals surface area contributed by atoms with E-state index in [-0.39, 0.29) is 6.04 Å². The number of carbonyl (C=O) groups is 1. The molecular formula is C13H17N3O3S. The summed E-state index contributed by atoms with van der Waals surface area (Å²) in [5.41, 5.74) is 0.758. The molecule has 6 nitrogen and oxygen atoms in total. The lowest BCUT2D eigenvalue weighted by molar-refractivity contribution is -0.131. The van der Waals surface area contributed by atoms with Gasteiger partial charge in [0.2, 0.25) is 0 Å². The second-order valence-electron chi connectivity index (χ2n) is 4.46. The van der Waals surface area contributed by atoms with E-state index in [2.05, 4.69) is 4.98 Å². The molecule has 0 radical (unpaired) electrons. The van der Waals surface area contributed by atoms with Gasteiger partial charge in [0.25, 0.3) is 0 Å². The largest absolute Gasteiger partial charge is 0.478 e. The van der Waals surface area contributed by atoms with Crippen LogP contribution in [0.15, 0.2) is 17.7 Å². The third-order valence-corrected chi connectivity index (χ3v) is 3.82. The minimum Gasteiger partial charge on any atom is -0.478 e. The van der Waals surface area contributed by atoms with Crippen molar-refractivity contribution in [2.24, 2.45) is 0 Å². The highest BCUT2D eigenvalue weighted by Crippen LogP contribution is 2.26. The van der Waals surface area contributed by atoms with Gasteiger partial charge in [-0.3, -0.25) is 4.40 Å². The molecule has 2 rings (SSSR count). The molecule has 0 fully saturated rings. The molecule has 0 bridgehead atoms. The highest BCUT2D eigenvalue weighted by molar-refractivity contribution is 7.15. The predicted octanol–water partition coefficient (Wildman–Crippen LogP) is 1.96. The second-order valence-corrected chi connectivity index (χ2v) is 5.34. The van der Waals surface area contributed by atoms with Crippen LogP contribution in [0.4, 0.5) is 5.82 Å². The van der Waals surface area contributed by atoms with Gasteiger partial charge in [0.1, 0.15) is 0 Å². The fourth-order valence-electron chi connectivity index (χ4n) is 1.92. The summed E-state index contributed by atoms with van der Waals surface area (Å²) in [4.78, 5) is 18.1. The molecule has 0 aliphatic carbocycles. The van der Waals surface area contributed by atoms with Crippen molar-refractivity contribution in [3.63, 3.8) is 0 Å². The van der Waals surface area contributed by atoms with Crippen molar-refractivity contribution in [1.82, 2.24) is 9.38 Å². The van der Waals surface area contributed by atoms with E-state index in [1.807, 2.05) is 34.8 Å². The topological polar surface area (TPSA) is 67.1 Å². The first-order valence-electron chi connectivity index (χ1n) is 6.13. The zero-order valence-corrected chi connectivity index (χ0v) is 12.4. The van der Waals surface area contributed by atoms with Crippen LogP contribution in [0.5, 0.6) is 0 Å². The first kappa shape index (κ1) is 14.5. The third kappa shape index (κ3) is 2.83. The molecule has 0 saturated heterocycles. The van der Waals surface area contributed by atoms with Crippen LogP contribution in [0.3, 0.4) is 0 Å². The first-order valence-corrected chi connectivity index (χ1v) is 7.01. The van der Waals surface area contributed by atoms with Crippen molar-refractivity contribution in [1.29, 1.82) is 0 Å². The fraction of sp³-hybridized carbons (Fsp3) is 0.385.